The molecule has 0 bridgehead atoms. The third kappa shape index (κ3) is 4.41. The molecule has 2 aromatic carbocycles. The van der Waals surface area contributed by atoms with E-state index in [1.807, 2.05) is 17.0 Å². The molecular formula is C21H19ClN4O2S. The molecule has 6 nitrogen and oxygen atoms in total. The van der Waals surface area contributed by atoms with Gasteiger partial charge in [0.15, 0.2) is 5.13 Å². The number of fused-ring (bicyclic) bond motifs is 1. The molecular weight excluding hydrogens is 408 g/mol. The topological polar surface area (TPSA) is 74.3 Å². The van der Waals surface area contributed by atoms with Crippen molar-refractivity contribution < 1.29 is 9.59 Å². The highest BCUT2D eigenvalue weighted by Crippen LogP contribution is 2.27. The molecule has 148 valence electrons. The molecule has 0 saturated carbocycles. The summed E-state index contributed by atoms with van der Waals surface area (Å²) in [5.74, 6) is -0.0549. The average molecular weight is 427 g/mol. The van der Waals surface area contributed by atoms with E-state index in [2.05, 4.69) is 27.8 Å². The van der Waals surface area contributed by atoms with Gasteiger partial charge in [-0.15, -0.1) is 0 Å². The van der Waals surface area contributed by atoms with Crippen LogP contribution in [0, 0.1) is 6.92 Å². The average Bonchev–Trinajstić information content (AvgIpc) is 3.08. The third-order valence-electron chi connectivity index (χ3n) is 4.73. The van der Waals surface area contributed by atoms with Crippen molar-refractivity contribution in [3.8, 4) is 0 Å². The molecule has 0 unspecified atom stereocenters. The normalized spacial score (nSPS) is 13.0. The van der Waals surface area contributed by atoms with Gasteiger partial charge in [0.05, 0.1) is 5.69 Å². The third-order valence-corrected chi connectivity index (χ3v) is 6.04. The zero-order valence-corrected chi connectivity index (χ0v) is 17.3. The fraction of sp³-hybridized carbons (Fsp3) is 0.190. The Hall–Kier alpha value is -2.90. The number of nitrogens with zero attached hydrogens (tertiary/aromatic N) is 2. The van der Waals surface area contributed by atoms with Gasteiger partial charge in [0, 0.05) is 23.8 Å². The Balaban J connectivity index is 1.43. The molecule has 0 spiro atoms. The summed E-state index contributed by atoms with van der Waals surface area (Å²) in [6.45, 7) is 3.04. The van der Waals surface area contributed by atoms with Crippen LogP contribution in [0.2, 0.25) is 5.02 Å². The maximum atomic E-state index is 13.0. The van der Waals surface area contributed by atoms with E-state index < -0.39 is 6.03 Å². The van der Waals surface area contributed by atoms with Gasteiger partial charge < -0.3 is 10.2 Å². The van der Waals surface area contributed by atoms with Crippen molar-refractivity contribution in [3.05, 3.63) is 75.3 Å². The number of benzene rings is 2. The number of hydrogen-bond acceptors (Lipinski definition) is 4. The van der Waals surface area contributed by atoms with Crippen LogP contribution in [0.3, 0.4) is 0 Å². The minimum absolute atomic E-state index is 0.0549. The van der Waals surface area contributed by atoms with Gasteiger partial charge in [-0.3, -0.25) is 10.1 Å². The number of thiazole rings is 1. The highest BCUT2D eigenvalue weighted by molar-refractivity contribution is 7.17. The summed E-state index contributed by atoms with van der Waals surface area (Å²) < 4.78 is 0. The molecule has 0 atom stereocenters. The summed E-state index contributed by atoms with van der Waals surface area (Å²) in [5.41, 5.74) is 3.69. The van der Waals surface area contributed by atoms with Gasteiger partial charge >= 0.3 is 6.03 Å². The zero-order valence-electron chi connectivity index (χ0n) is 15.7. The van der Waals surface area contributed by atoms with E-state index >= 15 is 0 Å². The summed E-state index contributed by atoms with van der Waals surface area (Å²) >= 11 is 7.04. The Kier molecular flexibility index (Phi) is 5.51. The Labute approximate surface area is 177 Å². The van der Waals surface area contributed by atoms with Gasteiger partial charge in [0.25, 0.3) is 5.91 Å². The molecule has 29 heavy (non-hydrogen) atoms. The predicted octanol–water partition coefficient (Wildman–Crippen LogP) is 4.95. The molecule has 3 aromatic rings. The fourth-order valence-corrected chi connectivity index (χ4v) is 4.31. The lowest BCUT2D eigenvalue weighted by Gasteiger charge is -2.28. The first-order valence-corrected chi connectivity index (χ1v) is 10.4. The van der Waals surface area contributed by atoms with Crippen LogP contribution < -0.4 is 10.6 Å². The number of amides is 3. The molecule has 8 heteroatoms. The molecule has 0 fully saturated rings. The molecule has 2 heterocycles. The van der Waals surface area contributed by atoms with Crippen LogP contribution >= 0.6 is 22.9 Å². The van der Waals surface area contributed by atoms with Crippen molar-refractivity contribution in [2.75, 3.05) is 17.2 Å². The van der Waals surface area contributed by atoms with Crippen LogP contribution in [0.4, 0.5) is 15.6 Å². The van der Waals surface area contributed by atoms with Crippen LogP contribution in [-0.2, 0) is 13.0 Å². The van der Waals surface area contributed by atoms with Crippen LogP contribution in [0.1, 0.15) is 26.5 Å². The van der Waals surface area contributed by atoms with Crippen LogP contribution in [0.25, 0.3) is 0 Å². The number of aromatic nitrogens is 1. The number of halogens is 1. The molecule has 4 rings (SSSR count). The monoisotopic (exact) mass is 426 g/mol. The van der Waals surface area contributed by atoms with Crippen LogP contribution in [0.15, 0.2) is 48.5 Å². The minimum atomic E-state index is -0.424. The van der Waals surface area contributed by atoms with Crippen molar-refractivity contribution in [3.63, 3.8) is 0 Å². The standard InChI is InChI=1S/C21H19ClN4O2S/c1-13-18(19(27)26-11-10-14-4-2-3-5-15(14)12-26)29-21(23-13)25-20(28)24-17-8-6-16(22)7-9-17/h2-9H,10-12H2,1H3,(H2,23,24,25,28). The summed E-state index contributed by atoms with van der Waals surface area (Å²) in [4.78, 5) is 31.9. The smallest absolute Gasteiger partial charge is 0.325 e. The van der Waals surface area contributed by atoms with E-state index in [4.69, 9.17) is 11.6 Å². The largest absolute Gasteiger partial charge is 0.333 e. The number of aryl methyl sites for hydroxylation is 1. The van der Waals surface area contributed by atoms with Gasteiger partial charge in [-0.25, -0.2) is 9.78 Å². The molecule has 0 aliphatic carbocycles. The van der Waals surface area contributed by atoms with Gasteiger partial charge in [0.1, 0.15) is 4.88 Å². The van der Waals surface area contributed by atoms with E-state index in [-0.39, 0.29) is 5.91 Å². The lowest BCUT2D eigenvalue weighted by Crippen LogP contribution is -2.35. The first-order valence-electron chi connectivity index (χ1n) is 9.16. The Morgan fingerprint density at radius 1 is 1.07 bits per heavy atom. The molecule has 0 saturated heterocycles. The van der Waals surface area contributed by atoms with E-state index in [1.165, 1.54) is 22.5 Å². The van der Waals surface area contributed by atoms with Gasteiger partial charge in [-0.05, 0) is 48.7 Å². The van der Waals surface area contributed by atoms with Crippen molar-refractivity contribution >= 4 is 45.7 Å². The quantitative estimate of drug-likeness (QED) is 0.622. The van der Waals surface area contributed by atoms with Crippen molar-refractivity contribution in [2.24, 2.45) is 0 Å². The maximum Gasteiger partial charge on any atom is 0.325 e. The number of carbonyl (C=O) groups excluding carboxylic acids is 2. The molecule has 0 radical (unpaired) electrons. The van der Waals surface area contributed by atoms with Gasteiger partial charge in [-0.2, -0.15) is 0 Å². The first-order chi connectivity index (χ1) is 14.0. The second-order valence-corrected chi connectivity index (χ2v) is 8.20. The van der Waals surface area contributed by atoms with E-state index in [9.17, 15) is 9.59 Å². The Morgan fingerprint density at radius 2 is 1.79 bits per heavy atom. The molecule has 1 aliphatic heterocycles. The molecule has 1 aromatic heterocycles. The number of urea groups is 1. The zero-order chi connectivity index (χ0) is 20.4. The lowest BCUT2D eigenvalue weighted by atomic mass is 10.00. The minimum Gasteiger partial charge on any atom is -0.333 e. The molecule has 1 aliphatic rings. The highest BCUT2D eigenvalue weighted by atomic mass is 35.5. The van der Waals surface area contributed by atoms with Crippen molar-refractivity contribution in [1.82, 2.24) is 9.88 Å². The lowest BCUT2D eigenvalue weighted by molar-refractivity contribution is 0.0738. The summed E-state index contributed by atoms with van der Waals surface area (Å²) in [6, 6.07) is 14.6. The van der Waals surface area contributed by atoms with Crippen LogP contribution in [0.5, 0.6) is 0 Å². The second kappa shape index (κ2) is 8.23. The van der Waals surface area contributed by atoms with E-state index in [0.717, 1.165) is 6.42 Å². The summed E-state index contributed by atoms with van der Waals surface area (Å²) in [5, 5.41) is 6.38. The second-order valence-electron chi connectivity index (χ2n) is 6.76. The number of carbonyl (C=O) groups is 2. The predicted molar refractivity (Wildman–Crippen MR) is 116 cm³/mol. The Bertz CT molecular complexity index is 1060. The van der Waals surface area contributed by atoms with E-state index in [1.54, 1.807) is 31.2 Å². The molecule has 3 amide bonds. The highest BCUT2D eigenvalue weighted by Gasteiger charge is 2.25. The van der Waals surface area contributed by atoms with E-state index in [0.29, 0.717) is 39.5 Å². The van der Waals surface area contributed by atoms with Gasteiger partial charge in [0.2, 0.25) is 0 Å². The number of nitrogens with one attached hydrogen (secondary N) is 2. The van der Waals surface area contributed by atoms with Gasteiger partial charge in [-0.1, -0.05) is 47.2 Å². The number of hydrogen-bond donors (Lipinski definition) is 2. The molecule has 2 N–H and O–H groups in total. The number of rotatable bonds is 3. The van der Waals surface area contributed by atoms with Crippen molar-refractivity contribution in [1.29, 1.82) is 0 Å². The summed E-state index contributed by atoms with van der Waals surface area (Å²) in [7, 11) is 0. The fourth-order valence-electron chi connectivity index (χ4n) is 3.25. The maximum absolute atomic E-state index is 13.0. The SMILES string of the molecule is Cc1nc(NC(=O)Nc2ccc(Cl)cc2)sc1C(=O)N1CCc2ccccc2C1. The Morgan fingerprint density at radius 3 is 2.55 bits per heavy atom. The van der Waals surface area contributed by atoms with Crippen LogP contribution in [-0.4, -0.2) is 28.4 Å². The van der Waals surface area contributed by atoms with Crippen molar-refractivity contribution in [2.45, 2.75) is 19.9 Å². The first kappa shape index (κ1) is 19.4. The number of anilines is 2. The summed E-state index contributed by atoms with van der Waals surface area (Å²) in [6.07, 6.45) is 0.842.